The Morgan fingerprint density at radius 1 is 1.18 bits per heavy atom. The molecule has 1 saturated carbocycles. The Morgan fingerprint density at radius 3 is 2.59 bits per heavy atom. The summed E-state index contributed by atoms with van der Waals surface area (Å²) in [6.45, 7) is -0.251. The second-order valence-electron chi connectivity index (χ2n) is 5.76. The van der Waals surface area contributed by atoms with Gasteiger partial charge in [-0.3, -0.25) is 19.3 Å². The predicted molar refractivity (Wildman–Crippen MR) is 81.8 cm³/mol. The summed E-state index contributed by atoms with van der Waals surface area (Å²) in [5.41, 5.74) is 0.461. The lowest BCUT2D eigenvalue weighted by atomic mass is 9.95. The van der Waals surface area contributed by atoms with E-state index >= 15 is 0 Å². The van der Waals surface area contributed by atoms with E-state index in [-0.39, 0.29) is 34.6 Å². The van der Waals surface area contributed by atoms with Gasteiger partial charge in [-0.1, -0.05) is 36.9 Å². The van der Waals surface area contributed by atoms with Gasteiger partial charge in [0, 0.05) is 6.04 Å². The van der Waals surface area contributed by atoms with E-state index in [1.165, 1.54) is 6.42 Å². The molecule has 1 heterocycles. The summed E-state index contributed by atoms with van der Waals surface area (Å²) in [5.74, 6) is -1.25. The topological polar surface area (TPSA) is 66.5 Å². The summed E-state index contributed by atoms with van der Waals surface area (Å²) >= 11 is 5.99. The Kier molecular flexibility index (Phi) is 4.16. The lowest BCUT2D eigenvalue weighted by Gasteiger charge is -2.23. The van der Waals surface area contributed by atoms with Crippen molar-refractivity contribution in [1.29, 1.82) is 0 Å². The molecule has 3 amide bonds. The molecule has 1 aromatic rings. The quantitative estimate of drug-likeness (QED) is 0.870. The molecule has 22 heavy (non-hydrogen) atoms. The average Bonchev–Trinajstić information content (AvgIpc) is 2.74. The molecule has 1 N–H and O–H groups in total. The molecule has 0 radical (unpaired) electrons. The molecule has 6 heteroatoms. The van der Waals surface area contributed by atoms with Crippen LogP contribution in [0.3, 0.4) is 0 Å². The molecule has 1 aliphatic heterocycles. The van der Waals surface area contributed by atoms with Gasteiger partial charge in [-0.2, -0.15) is 0 Å². The molecule has 3 rings (SSSR count). The van der Waals surface area contributed by atoms with E-state index in [9.17, 15) is 14.4 Å². The smallest absolute Gasteiger partial charge is 0.263 e. The normalized spacial score (nSPS) is 18.5. The number of nitrogens with zero attached hydrogens (tertiary/aromatic N) is 1. The summed E-state index contributed by atoms with van der Waals surface area (Å²) in [6, 6.07) is 4.90. The Bertz CT molecular complexity index is 638. The van der Waals surface area contributed by atoms with Crippen molar-refractivity contribution in [3.05, 3.63) is 34.3 Å². The van der Waals surface area contributed by atoms with Crippen molar-refractivity contribution < 1.29 is 14.4 Å². The minimum atomic E-state index is -0.496. The first-order valence-corrected chi connectivity index (χ1v) is 7.90. The van der Waals surface area contributed by atoms with Crippen LogP contribution >= 0.6 is 11.6 Å². The second-order valence-corrected chi connectivity index (χ2v) is 6.17. The molecule has 0 atom stereocenters. The number of imide groups is 1. The third kappa shape index (κ3) is 2.73. The Labute approximate surface area is 133 Å². The van der Waals surface area contributed by atoms with Crippen molar-refractivity contribution in [2.24, 2.45) is 0 Å². The van der Waals surface area contributed by atoms with Crippen LogP contribution in [0.4, 0.5) is 0 Å². The van der Waals surface area contributed by atoms with Crippen LogP contribution in [-0.2, 0) is 4.79 Å². The third-order valence-electron chi connectivity index (χ3n) is 4.22. The van der Waals surface area contributed by atoms with Gasteiger partial charge in [0.25, 0.3) is 11.8 Å². The Morgan fingerprint density at radius 2 is 1.91 bits per heavy atom. The Hall–Kier alpha value is -1.88. The molecule has 116 valence electrons. The maximum Gasteiger partial charge on any atom is 0.263 e. The fraction of sp³-hybridized carbons (Fsp3) is 0.438. The highest BCUT2D eigenvalue weighted by Gasteiger charge is 2.38. The van der Waals surface area contributed by atoms with Gasteiger partial charge in [0.2, 0.25) is 5.91 Å². The molecule has 1 fully saturated rings. The average molecular weight is 321 g/mol. The standard InChI is InChI=1S/C16H17ClN2O3/c17-12-8-4-7-11-14(12)16(22)19(15(11)21)9-13(20)18-10-5-2-1-3-6-10/h4,7-8,10H,1-3,5-6,9H2,(H,18,20). The molecule has 5 nitrogen and oxygen atoms in total. The molecule has 1 aliphatic carbocycles. The van der Waals surface area contributed by atoms with E-state index in [1.807, 2.05) is 0 Å². The summed E-state index contributed by atoms with van der Waals surface area (Å²) in [5, 5.41) is 3.15. The highest BCUT2D eigenvalue weighted by Crippen LogP contribution is 2.28. The molecular formula is C16H17ClN2O3. The lowest BCUT2D eigenvalue weighted by Crippen LogP contribution is -2.44. The molecule has 0 unspecified atom stereocenters. The number of carbonyl (C=O) groups is 3. The van der Waals surface area contributed by atoms with Crippen LogP contribution < -0.4 is 5.32 Å². The lowest BCUT2D eigenvalue weighted by molar-refractivity contribution is -0.122. The molecule has 0 saturated heterocycles. The maximum atomic E-state index is 12.3. The first kappa shape index (κ1) is 15.0. The van der Waals surface area contributed by atoms with Gasteiger partial charge >= 0.3 is 0 Å². The van der Waals surface area contributed by atoms with E-state index in [1.54, 1.807) is 18.2 Å². The molecule has 1 aromatic carbocycles. The van der Waals surface area contributed by atoms with Crippen LogP contribution in [-0.4, -0.2) is 35.2 Å². The van der Waals surface area contributed by atoms with Crippen molar-refractivity contribution in [2.45, 2.75) is 38.1 Å². The minimum Gasteiger partial charge on any atom is -0.352 e. The molecule has 2 aliphatic rings. The SMILES string of the molecule is O=C(CN1C(=O)c2cccc(Cl)c2C1=O)NC1CCCCC1. The number of carbonyl (C=O) groups excluding carboxylic acids is 3. The first-order valence-electron chi connectivity index (χ1n) is 7.52. The van der Waals surface area contributed by atoms with Crippen molar-refractivity contribution in [2.75, 3.05) is 6.54 Å². The van der Waals surface area contributed by atoms with E-state index in [4.69, 9.17) is 11.6 Å². The highest BCUT2D eigenvalue weighted by atomic mass is 35.5. The van der Waals surface area contributed by atoms with Crippen LogP contribution in [0.5, 0.6) is 0 Å². The molecular weight excluding hydrogens is 304 g/mol. The second kappa shape index (κ2) is 6.08. The summed E-state index contributed by atoms with van der Waals surface area (Å²) in [6.07, 6.45) is 5.32. The number of benzene rings is 1. The summed E-state index contributed by atoms with van der Waals surface area (Å²) < 4.78 is 0. The van der Waals surface area contributed by atoms with E-state index in [2.05, 4.69) is 5.32 Å². The number of halogens is 1. The number of rotatable bonds is 3. The van der Waals surface area contributed by atoms with Gasteiger partial charge in [-0.25, -0.2) is 0 Å². The first-order chi connectivity index (χ1) is 10.6. The van der Waals surface area contributed by atoms with E-state index in [0.717, 1.165) is 30.6 Å². The fourth-order valence-corrected chi connectivity index (χ4v) is 3.36. The zero-order valence-electron chi connectivity index (χ0n) is 12.1. The number of fused-ring (bicyclic) bond motifs is 1. The van der Waals surface area contributed by atoms with Gasteiger partial charge in [0.1, 0.15) is 6.54 Å². The van der Waals surface area contributed by atoms with Crippen LogP contribution in [0.25, 0.3) is 0 Å². The molecule has 0 aromatic heterocycles. The predicted octanol–water partition coefficient (Wildman–Crippen LogP) is 2.38. The van der Waals surface area contributed by atoms with Gasteiger partial charge in [-0.15, -0.1) is 0 Å². The monoisotopic (exact) mass is 320 g/mol. The van der Waals surface area contributed by atoms with Crippen LogP contribution in [0, 0.1) is 0 Å². The van der Waals surface area contributed by atoms with Crippen molar-refractivity contribution in [3.63, 3.8) is 0 Å². The summed E-state index contributed by atoms with van der Waals surface area (Å²) in [7, 11) is 0. The largest absolute Gasteiger partial charge is 0.352 e. The number of nitrogens with one attached hydrogen (secondary N) is 1. The van der Waals surface area contributed by atoms with Crippen molar-refractivity contribution in [1.82, 2.24) is 10.2 Å². The zero-order valence-corrected chi connectivity index (χ0v) is 12.9. The number of hydrogen-bond acceptors (Lipinski definition) is 3. The van der Waals surface area contributed by atoms with Gasteiger partial charge in [0.05, 0.1) is 16.1 Å². The van der Waals surface area contributed by atoms with Gasteiger partial charge < -0.3 is 5.32 Å². The van der Waals surface area contributed by atoms with Crippen LogP contribution in [0.15, 0.2) is 18.2 Å². The third-order valence-corrected chi connectivity index (χ3v) is 4.54. The van der Waals surface area contributed by atoms with Gasteiger partial charge in [-0.05, 0) is 25.0 Å². The van der Waals surface area contributed by atoms with E-state index in [0.29, 0.717) is 0 Å². The van der Waals surface area contributed by atoms with Crippen molar-refractivity contribution in [3.8, 4) is 0 Å². The minimum absolute atomic E-state index is 0.153. The number of hydrogen-bond donors (Lipinski definition) is 1. The highest BCUT2D eigenvalue weighted by molar-refractivity contribution is 6.37. The van der Waals surface area contributed by atoms with Crippen LogP contribution in [0.2, 0.25) is 5.02 Å². The van der Waals surface area contributed by atoms with Crippen LogP contribution in [0.1, 0.15) is 52.8 Å². The summed E-state index contributed by atoms with van der Waals surface area (Å²) in [4.78, 5) is 37.6. The maximum absolute atomic E-state index is 12.3. The Balaban J connectivity index is 1.69. The number of amides is 3. The fourth-order valence-electron chi connectivity index (χ4n) is 3.10. The molecule has 0 spiro atoms. The van der Waals surface area contributed by atoms with E-state index < -0.39 is 11.8 Å². The zero-order chi connectivity index (χ0) is 15.7. The van der Waals surface area contributed by atoms with Gasteiger partial charge in [0.15, 0.2) is 0 Å². The van der Waals surface area contributed by atoms with Crippen molar-refractivity contribution >= 4 is 29.3 Å². The molecule has 0 bridgehead atoms.